The Bertz CT molecular complexity index is 502. The molecule has 0 heterocycles. The quantitative estimate of drug-likeness (QED) is 0.430. The summed E-state index contributed by atoms with van der Waals surface area (Å²) in [6.07, 6.45) is 4.12. The molecule has 2 bridgehead atoms. The van der Waals surface area contributed by atoms with Gasteiger partial charge >= 0.3 is 0 Å². The van der Waals surface area contributed by atoms with Crippen LogP contribution in [0.5, 0.6) is 0 Å². The summed E-state index contributed by atoms with van der Waals surface area (Å²) in [5, 5.41) is 0. The van der Waals surface area contributed by atoms with Crippen molar-refractivity contribution < 1.29 is 4.74 Å². The van der Waals surface area contributed by atoms with Gasteiger partial charge in [-0.1, -0.05) is 70.6 Å². The van der Waals surface area contributed by atoms with Crippen LogP contribution in [0.15, 0.2) is 28.7 Å². The van der Waals surface area contributed by atoms with Crippen LogP contribution in [0.4, 0.5) is 0 Å². The molecule has 2 fully saturated rings. The lowest BCUT2D eigenvalue weighted by Crippen LogP contribution is -2.52. The maximum absolute atomic E-state index is 6.62. The summed E-state index contributed by atoms with van der Waals surface area (Å²) in [6, 6.07) is 8.40. The number of halogens is 2. The van der Waals surface area contributed by atoms with E-state index in [1.54, 1.807) is 0 Å². The number of fused-ring (bicyclic) bond motifs is 2. The van der Waals surface area contributed by atoms with Crippen molar-refractivity contribution in [3.8, 4) is 0 Å². The van der Waals surface area contributed by atoms with Crippen LogP contribution in [0.3, 0.4) is 0 Å². The highest BCUT2D eigenvalue weighted by molar-refractivity contribution is 14.1. The minimum absolute atomic E-state index is 0.0613. The van der Waals surface area contributed by atoms with E-state index >= 15 is 0 Å². The second kappa shape index (κ2) is 5.54. The van der Waals surface area contributed by atoms with Crippen molar-refractivity contribution in [1.29, 1.82) is 0 Å². The standard InChI is InChI=1S/C17H22BrIO/c1-16(2)13-7-8-14(9-13)17(16,11-19)20-10-12-5-3-4-6-15(12)18/h3-6,13-14H,7-11H2,1-2H3. The fourth-order valence-corrected chi connectivity index (χ4v) is 6.60. The van der Waals surface area contributed by atoms with Crippen molar-refractivity contribution in [3.05, 3.63) is 34.3 Å². The number of alkyl halides is 1. The molecular weight excluding hydrogens is 427 g/mol. The van der Waals surface area contributed by atoms with Crippen molar-refractivity contribution in [1.82, 2.24) is 0 Å². The molecule has 3 atom stereocenters. The Kier molecular flexibility index (Phi) is 4.24. The second-order valence-corrected chi connectivity index (χ2v) is 8.45. The molecule has 3 heteroatoms. The fraction of sp³-hybridized carbons (Fsp3) is 0.647. The summed E-state index contributed by atoms with van der Waals surface area (Å²) in [6.45, 7) is 5.57. The molecular formula is C17H22BrIO. The first-order chi connectivity index (χ1) is 9.51. The van der Waals surface area contributed by atoms with Gasteiger partial charge in [-0.25, -0.2) is 0 Å². The molecule has 0 spiro atoms. The average Bonchev–Trinajstić information content (AvgIpc) is 2.98. The van der Waals surface area contributed by atoms with E-state index in [1.807, 2.05) is 0 Å². The zero-order valence-electron chi connectivity index (χ0n) is 12.2. The van der Waals surface area contributed by atoms with E-state index in [0.717, 1.165) is 27.3 Å². The van der Waals surface area contributed by atoms with Gasteiger partial charge in [0.15, 0.2) is 0 Å². The van der Waals surface area contributed by atoms with Crippen molar-refractivity contribution in [2.75, 3.05) is 4.43 Å². The lowest BCUT2D eigenvalue weighted by Gasteiger charge is -2.49. The Morgan fingerprint density at radius 1 is 1.25 bits per heavy atom. The predicted molar refractivity (Wildman–Crippen MR) is 95.2 cm³/mol. The van der Waals surface area contributed by atoms with Crippen LogP contribution in [-0.2, 0) is 11.3 Å². The molecule has 2 aliphatic rings. The van der Waals surface area contributed by atoms with E-state index in [4.69, 9.17) is 4.74 Å². The zero-order valence-corrected chi connectivity index (χ0v) is 15.9. The minimum atomic E-state index is 0.0613. The summed E-state index contributed by atoms with van der Waals surface area (Å²) in [5.74, 6) is 1.60. The Balaban J connectivity index is 1.82. The van der Waals surface area contributed by atoms with E-state index in [-0.39, 0.29) is 5.60 Å². The molecule has 3 rings (SSSR count). The zero-order chi connectivity index (χ0) is 14.4. The van der Waals surface area contributed by atoms with Crippen molar-refractivity contribution >= 4 is 38.5 Å². The van der Waals surface area contributed by atoms with Gasteiger partial charge in [-0.3, -0.25) is 0 Å². The molecule has 110 valence electrons. The van der Waals surface area contributed by atoms with Gasteiger partial charge in [-0.05, 0) is 48.1 Å². The Morgan fingerprint density at radius 2 is 1.95 bits per heavy atom. The van der Waals surface area contributed by atoms with E-state index in [9.17, 15) is 0 Å². The number of ether oxygens (including phenoxy) is 1. The van der Waals surface area contributed by atoms with Crippen LogP contribution in [0.1, 0.15) is 38.7 Å². The molecule has 3 unspecified atom stereocenters. The maximum Gasteiger partial charge on any atom is 0.0857 e. The third kappa shape index (κ3) is 2.19. The van der Waals surface area contributed by atoms with Crippen LogP contribution in [0, 0.1) is 17.3 Å². The molecule has 0 aromatic heterocycles. The summed E-state index contributed by atoms with van der Waals surface area (Å²) in [4.78, 5) is 0. The highest BCUT2D eigenvalue weighted by atomic mass is 127. The number of hydrogen-bond acceptors (Lipinski definition) is 1. The lowest BCUT2D eigenvalue weighted by atomic mass is 9.66. The molecule has 1 aromatic rings. The Hall–Kier alpha value is 0.390. The molecule has 0 aliphatic heterocycles. The van der Waals surface area contributed by atoms with Gasteiger partial charge < -0.3 is 4.74 Å². The first kappa shape index (κ1) is 15.3. The third-order valence-electron chi connectivity index (χ3n) is 5.84. The van der Waals surface area contributed by atoms with Gasteiger partial charge in [0.1, 0.15) is 0 Å². The first-order valence-corrected chi connectivity index (χ1v) is 9.76. The van der Waals surface area contributed by atoms with Gasteiger partial charge in [0.05, 0.1) is 12.2 Å². The maximum atomic E-state index is 6.62. The topological polar surface area (TPSA) is 9.23 Å². The highest BCUT2D eigenvalue weighted by Crippen LogP contribution is 2.63. The smallest absolute Gasteiger partial charge is 0.0857 e. The van der Waals surface area contributed by atoms with Crippen molar-refractivity contribution in [3.63, 3.8) is 0 Å². The molecule has 0 amide bonds. The van der Waals surface area contributed by atoms with Crippen LogP contribution in [0.25, 0.3) is 0 Å². The summed E-state index contributed by atoms with van der Waals surface area (Å²) >= 11 is 6.17. The van der Waals surface area contributed by atoms with Gasteiger partial charge in [0, 0.05) is 8.90 Å². The van der Waals surface area contributed by atoms with E-state index in [0.29, 0.717) is 5.41 Å². The molecule has 0 radical (unpaired) electrons. The number of benzene rings is 1. The number of rotatable bonds is 4. The first-order valence-electron chi connectivity index (χ1n) is 7.44. The Morgan fingerprint density at radius 3 is 2.55 bits per heavy atom. The van der Waals surface area contributed by atoms with Gasteiger partial charge in [-0.15, -0.1) is 0 Å². The minimum Gasteiger partial charge on any atom is -0.369 e. The summed E-state index contributed by atoms with van der Waals surface area (Å²) in [5.41, 5.74) is 1.62. The van der Waals surface area contributed by atoms with E-state index in [1.165, 1.54) is 24.8 Å². The average molecular weight is 449 g/mol. The third-order valence-corrected chi connectivity index (χ3v) is 7.75. The Labute approximate surface area is 144 Å². The van der Waals surface area contributed by atoms with Crippen LogP contribution in [-0.4, -0.2) is 10.0 Å². The summed E-state index contributed by atoms with van der Waals surface area (Å²) in [7, 11) is 0. The summed E-state index contributed by atoms with van der Waals surface area (Å²) < 4.78 is 8.88. The van der Waals surface area contributed by atoms with Crippen LogP contribution in [0.2, 0.25) is 0 Å². The molecule has 2 saturated carbocycles. The van der Waals surface area contributed by atoms with Crippen LogP contribution < -0.4 is 0 Å². The molecule has 2 aliphatic carbocycles. The molecule has 1 aromatic carbocycles. The predicted octanol–water partition coefficient (Wildman–Crippen LogP) is 5.60. The van der Waals surface area contributed by atoms with Crippen molar-refractivity contribution in [2.45, 2.75) is 45.3 Å². The lowest BCUT2D eigenvalue weighted by molar-refractivity contribution is -0.144. The second-order valence-electron chi connectivity index (χ2n) is 6.83. The van der Waals surface area contributed by atoms with Gasteiger partial charge in [-0.2, -0.15) is 0 Å². The van der Waals surface area contributed by atoms with Crippen LogP contribution >= 0.6 is 38.5 Å². The normalized spacial score (nSPS) is 34.6. The molecule has 0 saturated heterocycles. The molecule has 0 N–H and O–H groups in total. The van der Waals surface area contributed by atoms with E-state index in [2.05, 4.69) is 76.6 Å². The molecule has 20 heavy (non-hydrogen) atoms. The van der Waals surface area contributed by atoms with Gasteiger partial charge in [0.2, 0.25) is 0 Å². The number of hydrogen-bond donors (Lipinski definition) is 0. The largest absolute Gasteiger partial charge is 0.369 e. The monoisotopic (exact) mass is 448 g/mol. The highest BCUT2D eigenvalue weighted by Gasteiger charge is 2.63. The fourth-order valence-electron chi connectivity index (χ4n) is 4.38. The van der Waals surface area contributed by atoms with Gasteiger partial charge in [0.25, 0.3) is 0 Å². The SMILES string of the molecule is CC1(C)C2CCC(C2)C1(CI)OCc1ccccc1Br. The van der Waals surface area contributed by atoms with E-state index < -0.39 is 0 Å². The molecule has 1 nitrogen and oxygen atoms in total. The van der Waals surface area contributed by atoms with Crippen molar-refractivity contribution in [2.24, 2.45) is 17.3 Å².